The summed E-state index contributed by atoms with van der Waals surface area (Å²) < 4.78 is 5.41. The van der Waals surface area contributed by atoms with Gasteiger partial charge in [0.15, 0.2) is 0 Å². The molecule has 0 aromatic rings. The highest BCUT2D eigenvalue weighted by molar-refractivity contribution is 5.75. The number of nitrogens with one attached hydrogen (secondary N) is 2. The molecule has 98 valence electrons. The number of ether oxygens (including phenoxy) is 1. The molecule has 3 N–H and O–H groups in total. The average Bonchev–Trinajstić information content (AvgIpc) is 2.54. The second-order valence-corrected chi connectivity index (χ2v) is 4.56. The molecule has 0 radical (unpaired) electrons. The second kappa shape index (κ2) is 5.86. The van der Waals surface area contributed by atoms with Gasteiger partial charge in [0.1, 0.15) is 0 Å². The summed E-state index contributed by atoms with van der Waals surface area (Å²) in [4.78, 5) is 21.8. The van der Waals surface area contributed by atoms with Crippen LogP contribution in [0.1, 0.15) is 33.1 Å². The monoisotopic (exact) mass is 244 g/mol. The van der Waals surface area contributed by atoms with Gasteiger partial charge in [-0.1, -0.05) is 0 Å². The van der Waals surface area contributed by atoms with Crippen LogP contribution in [-0.2, 0) is 9.53 Å². The number of carbonyl (C=O) groups excluding carboxylic acids is 1. The third-order valence-corrected chi connectivity index (χ3v) is 3.14. The number of urea groups is 1. The fraction of sp³-hybridized carbons (Fsp3) is 0.818. The van der Waals surface area contributed by atoms with Crippen molar-refractivity contribution < 1.29 is 19.4 Å². The molecule has 1 aliphatic rings. The Kier molecular flexibility index (Phi) is 4.74. The maximum atomic E-state index is 11.6. The molecule has 1 rings (SSSR count). The van der Waals surface area contributed by atoms with Crippen molar-refractivity contribution in [2.24, 2.45) is 0 Å². The van der Waals surface area contributed by atoms with Gasteiger partial charge in [-0.2, -0.15) is 0 Å². The SMILES string of the molecule is CC1OCCC1(C)NC(=O)NCCCC(=O)O. The van der Waals surface area contributed by atoms with Crippen LogP contribution < -0.4 is 10.6 Å². The summed E-state index contributed by atoms with van der Waals surface area (Å²) in [5.41, 5.74) is -0.336. The first-order valence-corrected chi connectivity index (χ1v) is 5.83. The summed E-state index contributed by atoms with van der Waals surface area (Å²) in [5, 5.41) is 14.0. The lowest BCUT2D eigenvalue weighted by Crippen LogP contribution is -2.54. The van der Waals surface area contributed by atoms with Gasteiger partial charge >= 0.3 is 12.0 Å². The predicted molar refractivity (Wildman–Crippen MR) is 61.8 cm³/mol. The van der Waals surface area contributed by atoms with E-state index in [2.05, 4.69) is 10.6 Å². The van der Waals surface area contributed by atoms with Crippen LogP contribution in [-0.4, -0.2) is 41.9 Å². The molecule has 6 heteroatoms. The molecule has 1 aliphatic heterocycles. The highest BCUT2D eigenvalue weighted by Crippen LogP contribution is 2.24. The number of hydrogen-bond donors (Lipinski definition) is 3. The van der Waals surface area contributed by atoms with E-state index in [-0.39, 0.29) is 24.1 Å². The minimum absolute atomic E-state index is 0.00716. The minimum Gasteiger partial charge on any atom is -0.481 e. The number of hydrogen-bond acceptors (Lipinski definition) is 3. The maximum absolute atomic E-state index is 11.6. The van der Waals surface area contributed by atoms with Gasteiger partial charge in [0.2, 0.25) is 0 Å². The van der Waals surface area contributed by atoms with Crippen LogP contribution in [0.25, 0.3) is 0 Å². The molecule has 2 unspecified atom stereocenters. The molecule has 0 aliphatic carbocycles. The summed E-state index contributed by atoms with van der Waals surface area (Å²) in [6, 6.07) is -0.268. The number of carboxylic acids is 1. The molecule has 2 atom stereocenters. The third-order valence-electron chi connectivity index (χ3n) is 3.14. The maximum Gasteiger partial charge on any atom is 0.315 e. The fourth-order valence-electron chi connectivity index (χ4n) is 1.74. The van der Waals surface area contributed by atoms with Gasteiger partial charge in [0.25, 0.3) is 0 Å². The van der Waals surface area contributed by atoms with E-state index in [1.165, 1.54) is 0 Å². The van der Waals surface area contributed by atoms with Gasteiger partial charge in [-0.3, -0.25) is 4.79 Å². The van der Waals surface area contributed by atoms with E-state index < -0.39 is 5.97 Å². The van der Waals surface area contributed by atoms with Gasteiger partial charge in [-0.15, -0.1) is 0 Å². The van der Waals surface area contributed by atoms with Crippen LogP contribution in [0.5, 0.6) is 0 Å². The Morgan fingerprint density at radius 1 is 1.53 bits per heavy atom. The quantitative estimate of drug-likeness (QED) is 0.622. The summed E-state index contributed by atoms with van der Waals surface area (Å²) in [6.07, 6.45) is 1.28. The molecular weight excluding hydrogens is 224 g/mol. The zero-order valence-electron chi connectivity index (χ0n) is 10.3. The van der Waals surface area contributed by atoms with E-state index in [9.17, 15) is 9.59 Å². The lowest BCUT2D eigenvalue weighted by molar-refractivity contribution is -0.137. The summed E-state index contributed by atoms with van der Waals surface area (Å²) in [6.45, 7) is 4.89. The molecule has 1 saturated heterocycles. The van der Waals surface area contributed by atoms with Crippen molar-refractivity contribution in [3.63, 3.8) is 0 Å². The van der Waals surface area contributed by atoms with Gasteiger partial charge in [0, 0.05) is 19.6 Å². The topological polar surface area (TPSA) is 87.7 Å². The van der Waals surface area contributed by atoms with Crippen molar-refractivity contribution in [2.75, 3.05) is 13.2 Å². The van der Waals surface area contributed by atoms with E-state index in [1.807, 2.05) is 13.8 Å². The summed E-state index contributed by atoms with van der Waals surface area (Å²) in [7, 11) is 0. The lowest BCUT2D eigenvalue weighted by Gasteiger charge is -2.28. The van der Waals surface area contributed by atoms with Crippen molar-refractivity contribution >= 4 is 12.0 Å². The van der Waals surface area contributed by atoms with Gasteiger partial charge in [0.05, 0.1) is 11.6 Å². The molecule has 2 amide bonds. The highest BCUT2D eigenvalue weighted by atomic mass is 16.5. The Bertz CT molecular complexity index is 295. The van der Waals surface area contributed by atoms with Crippen LogP contribution in [0.15, 0.2) is 0 Å². The Morgan fingerprint density at radius 3 is 2.76 bits per heavy atom. The zero-order chi connectivity index (χ0) is 12.9. The Balaban J connectivity index is 2.23. The van der Waals surface area contributed by atoms with Gasteiger partial charge in [-0.05, 0) is 26.7 Å². The van der Waals surface area contributed by atoms with E-state index >= 15 is 0 Å². The largest absolute Gasteiger partial charge is 0.481 e. The van der Waals surface area contributed by atoms with Crippen molar-refractivity contribution in [1.29, 1.82) is 0 Å². The van der Waals surface area contributed by atoms with Gasteiger partial charge in [-0.25, -0.2) is 4.79 Å². The van der Waals surface area contributed by atoms with Crippen LogP contribution in [0, 0.1) is 0 Å². The molecule has 0 spiro atoms. The third kappa shape index (κ3) is 4.22. The van der Waals surface area contributed by atoms with Crippen molar-refractivity contribution in [3.05, 3.63) is 0 Å². The molecule has 0 aromatic heterocycles. The number of carboxylic acid groups (broad SMARTS) is 1. The van der Waals surface area contributed by atoms with Crippen LogP contribution >= 0.6 is 0 Å². The summed E-state index contributed by atoms with van der Waals surface area (Å²) in [5.74, 6) is -0.850. The number of rotatable bonds is 5. The first-order valence-electron chi connectivity index (χ1n) is 5.83. The molecule has 0 bridgehead atoms. The van der Waals surface area contributed by atoms with Crippen molar-refractivity contribution in [1.82, 2.24) is 10.6 Å². The molecular formula is C11H20N2O4. The van der Waals surface area contributed by atoms with Crippen LogP contribution in [0.4, 0.5) is 4.79 Å². The highest BCUT2D eigenvalue weighted by Gasteiger charge is 2.38. The van der Waals surface area contributed by atoms with E-state index in [0.717, 1.165) is 6.42 Å². The Labute approximate surface area is 101 Å². The van der Waals surface area contributed by atoms with Crippen LogP contribution in [0.2, 0.25) is 0 Å². The molecule has 1 heterocycles. The molecule has 17 heavy (non-hydrogen) atoms. The fourth-order valence-corrected chi connectivity index (χ4v) is 1.74. The molecule has 0 aromatic carbocycles. The summed E-state index contributed by atoms with van der Waals surface area (Å²) >= 11 is 0. The zero-order valence-corrected chi connectivity index (χ0v) is 10.3. The van der Waals surface area contributed by atoms with Crippen molar-refractivity contribution in [2.45, 2.75) is 44.8 Å². The molecule has 6 nitrogen and oxygen atoms in total. The second-order valence-electron chi connectivity index (χ2n) is 4.56. The smallest absolute Gasteiger partial charge is 0.315 e. The van der Waals surface area contributed by atoms with E-state index in [0.29, 0.717) is 19.6 Å². The lowest BCUT2D eigenvalue weighted by atomic mass is 9.95. The minimum atomic E-state index is -0.850. The van der Waals surface area contributed by atoms with E-state index in [1.54, 1.807) is 0 Å². The Morgan fingerprint density at radius 2 is 2.24 bits per heavy atom. The number of aliphatic carboxylic acids is 1. The first-order chi connectivity index (χ1) is 7.94. The molecule has 1 fully saturated rings. The Hall–Kier alpha value is -1.30. The first kappa shape index (κ1) is 13.8. The standard InChI is InChI=1S/C11H20N2O4/c1-8-11(2,5-7-17-8)13-10(16)12-6-3-4-9(14)15/h8H,3-7H2,1-2H3,(H,14,15)(H2,12,13,16). The van der Waals surface area contributed by atoms with Gasteiger partial charge < -0.3 is 20.5 Å². The molecule has 0 saturated carbocycles. The number of amides is 2. The van der Waals surface area contributed by atoms with Crippen LogP contribution in [0.3, 0.4) is 0 Å². The van der Waals surface area contributed by atoms with E-state index in [4.69, 9.17) is 9.84 Å². The van der Waals surface area contributed by atoms with Crippen molar-refractivity contribution in [3.8, 4) is 0 Å². The number of carbonyl (C=O) groups is 2. The normalized spacial score (nSPS) is 27.8. The average molecular weight is 244 g/mol. The predicted octanol–water partition coefficient (Wildman–Crippen LogP) is 0.718.